The molecule has 7 nitrogen and oxygen atoms in total. The minimum absolute atomic E-state index is 0.248. The van der Waals surface area contributed by atoms with Gasteiger partial charge in [-0.05, 0) is 32.0 Å². The Morgan fingerprint density at radius 3 is 2.71 bits per heavy atom. The molecule has 3 aromatic rings. The van der Waals surface area contributed by atoms with Crippen molar-refractivity contribution in [3.05, 3.63) is 68.2 Å². The molecule has 2 N–H and O–H groups in total. The number of anilines is 1. The first-order valence-corrected chi connectivity index (χ1v) is 7.93. The van der Waals surface area contributed by atoms with E-state index in [1.54, 1.807) is 38.1 Å². The Morgan fingerprint density at radius 2 is 2.00 bits per heavy atom. The summed E-state index contributed by atoms with van der Waals surface area (Å²) in [6.07, 6.45) is 0. The minimum atomic E-state index is -0.285. The summed E-state index contributed by atoms with van der Waals surface area (Å²) in [6, 6.07) is 10.1. The fraction of sp³-hybridized carbons (Fsp3) is 0.125. The number of aromatic nitrogens is 4. The van der Waals surface area contributed by atoms with Gasteiger partial charge in [-0.2, -0.15) is 9.78 Å². The number of nitrogens with zero attached hydrogens (tertiary/aromatic N) is 3. The number of halogens is 1. The fourth-order valence-corrected chi connectivity index (χ4v) is 2.63. The molecule has 0 fully saturated rings. The van der Waals surface area contributed by atoms with E-state index in [4.69, 9.17) is 0 Å². The molecule has 8 heteroatoms. The van der Waals surface area contributed by atoms with Crippen molar-refractivity contribution in [3.63, 3.8) is 0 Å². The predicted molar refractivity (Wildman–Crippen MR) is 93.5 cm³/mol. The molecule has 2 aromatic heterocycles. The SMILES string of the molecule is Cc1cc(=O)[nH]c(-n2nc(C)cc2NC(=O)c2cccc(Br)c2)n1. The Bertz CT molecular complexity index is 977. The van der Waals surface area contributed by atoms with Crippen LogP contribution >= 0.6 is 15.9 Å². The number of H-pyrrole nitrogens is 1. The summed E-state index contributed by atoms with van der Waals surface area (Å²) in [5.41, 5.74) is 1.46. The predicted octanol–water partition coefficient (Wildman–Crippen LogP) is 2.59. The number of nitrogens with one attached hydrogen (secondary N) is 2. The van der Waals surface area contributed by atoms with Gasteiger partial charge in [-0.25, -0.2) is 4.98 Å². The molecular formula is C16H14BrN5O2. The lowest BCUT2D eigenvalue weighted by atomic mass is 10.2. The maximum Gasteiger partial charge on any atom is 0.256 e. The maximum atomic E-state index is 12.4. The first-order chi connectivity index (χ1) is 11.4. The number of benzene rings is 1. The Hall–Kier alpha value is -2.74. The monoisotopic (exact) mass is 387 g/mol. The highest BCUT2D eigenvalue weighted by atomic mass is 79.9. The lowest BCUT2D eigenvalue weighted by Crippen LogP contribution is -2.18. The van der Waals surface area contributed by atoms with Crippen LogP contribution in [0.1, 0.15) is 21.7 Å². The highest BCUT2D eigenvalue weighted by molar-refractivity contribution is 9.10. The molecule has 0 spiro atoms. The van der Waals surface area contributed by atoms with Crippen molar-refractivity contribution in [2.75, 3.05) is 5.32 Å². The van der Waals surface area contributed by atoms with Crippen molar-refractivity contribution >= 4 is 27.7 Å². The zero-order chi connectivity index (χ0) is 17.3. The number of carbonyl (C=O) groups excluding carboxylic acids is 1. The topological polar surface area (TPSA) is 92.7 Å². The van der Waals surface area contributed by atoms with Gasteiger partial charge in [0.25, 0.3) is 11.5 Å². The summed E-state index contributed by atoms with van der Waals surface area (Å²) in [7, 11) is 0. The number of aryl methyl sites for hydroxylation is 2. The van der Waals surface area contributed by atoms with Crippen LogP contribution in [0.15, 0.2) is 45.7 Å². The molecule has 24 heavy (non-hydrogen) atoms. The van der Waals surface area contributed by atoms with Gasteiger partial charge in [-0.15, -0.1) is 0 Å². The fourth-order valence-electron chi connectivity index (χ4n) is 2.23. The van der Waals surface area contributed by atoms with Crippen molar-refractivity contribution in [3.8, 4) is 5.95 Å². The Labute approximate surface area is 145 Å². The molecule has 0 unspecified atom stereocenters. The molecule has 2 heterocycles. The van der Waals surface area contributed by atoms with Gasteiger partial charge in [0.05, 0.1) is 5.69 Å². The summed E-state index contributed by atoms with van der Waals surface area (Å²) in [5.74, 6) is 0.385. The van der Waals surface area contributed by atoms with Crippen molar-refractivity contribution in [1.82, 2.24) is 19.7 Å². The van der Waals surface area contributed by atoms with Gasteiger partial charge in [0, 0.05) is 27.9 Å². The molecule has 0 aliphatic heterocycles. The van der Waals surface area contributed by atoms with E-state index in [1.807, 2.05) is 6.07 Å². The third kappa shape index (κ3) is 3.43. The van der Waals surface area contributed by atoms with E-state index < -0.39 is 0 Å². The number of amides is 1. The molecule has 0 radical (unpaired) electrons. The molecule has 122 valence electrons. The summed E-state index contributed by atoms with van der Waals surface area (Å²) in [4.78, 5) is 31.0. The van der Waals surface area contributed by atoms with Crippen LogP contribution in [0.5, 0.6) is 0 Å². The van der Waals surface area contributed by atoms with Crippen molar-refractivity contribution in [1.29, 1.82) is 0 Å². The van der Waals surface area contributed by atoms with Gasteiger partial charge in [0.15, 0.2) is 0 Å². The summed E-state index contributed by atoms with van der Waals surface area (Å²) < 4.78 is 2.21. The Balaban J connectivity index is 1.97. The zero-order valence-corrected chi connectivity index (χ0v) is 14.6. The Morgan fingerprint density at radius 1 is 1.21 bits per heavy atom. The van der Waals surface area contributed by atoms with E-state index in [0.29, 0.717) is 22.8 Å². The molecular weight excluding hydrogens is 374 g/mol. The number of hydrogen-bond donors (Lipinski definition) is 2. The first kappa shape index (κ1) is 16.1. The largest absolute Gasteiger partial charge is 0.306 e. The average molecular weight is 388 g/mol. The van der Waals surface area contributed by atoms with E-state index in [-0.39, 0.29) is 17.4 Å². The second-order valence-corrected chi connectivity index (χ2v) is 6.17. The molecule has 0 saturated heterocycles. The minimum Gasteiger partial charge on any atom is -0.306 e. The molecule has 0 bridgehead atoms. The van der Waals surface area contributed by atoms with Crippen LogP contribution in [0.3, 0.4) is 0 Å². The van der Waals surface area contributed by atoms with Gasteiger partial charge >= 0.3 is 0 Å². The number of aromatic amines is 1. The van der Waals surface area contributed by atoms with Crippen LogP contribution in [-0.2, 0) is 0 Å². The molecule has 1 aromatic carbocycles. The summed E-state index contributed by atoms with van der Waals surface area (Å²) in [5, 5.41) is 7.08. The van der Waals surface area contributed by atoms with Gasteiger partial charge < -0.3 is 5.32 Å². The molecule has 0 aliphatic rings. The third-order valence-corrected chi connectivity index (χ3v) is 3.71. The average Bonchev–Trinajstić information content (AvgIpc) is 2.87. The lowest BCUT2D eigenvalue weighted by molar-refractivity contribution is 0.102. The highest BCUT2D eigenvalue weighted by Gasteiger charge is 2.14. The van der Waals surface area contributed by atoms with E-state index in [1.165, 1.54) is 10.7 Å². The summed E-state index contributed by atoms with van der Waals surface area (Å²) >= 11 is 3.34. The quantitative estimate of drug-likeness (QED) is 0.722. The second kappa shape index (κ2) is 6.40. The molecule has 1 amide bonds. The van der Waals surface area contributed by atoms with E-state index in [9.17, 15) is 9.59 Å². The first-order valence-electron chi connectivity index (χ1n) is 7.14. The standard InChI is InChI=1S/C16H14BrN5O2/c1-9-7-14(23)20-16(18-9)22-13(6-10(2)21-22)19-15(24)11-4-3-5-12(17)8-11/h3-8H,1-2H3,(H,19,24)(H,18,20,23). The molecule has 3 rings (SSSR count). The maximum absolute atomic E-state index is 12.4. The number of hydrogen-bond acceptors (Lipinski definition) is 4. The van der Waals surface area contributed by atoms with E-state index in [0.717, 1.165) is 4.47 Å². The van der Waals surface area contributed by atoms with Gasteiger partial charge in [0.1, 0.15) is 5.82 Å². The van der Waals surface area contributed by atoms with Crippen LogP contribution in [0.4, 0.5) is 5.82 Å². The smallest absolute Gasteiger partial charge is 0.256 e. The lowest BCUT2D eigenvalue weighted by Gasteiger charge is -2.08. The van der Waals surface area contributed by atoms with Crippen LogP contribution in [0.2, 0.25) is 0 Å². The number of carbonyl (C=O) groups is 1. The van der Waals surface area contributed by atoms with Crippen molar-refractivity contribution < 1.29 is 4.79 Å². The van der Waals surface area contributed by atoms with Crippen LogP contribution in [0.25, 0.3) is 5.95 Å². The van der Waals surface area contributed by atoms with E-state index >= 15 is 0 Å². The molecule has 0 saturated carbocycles. The highest BCUT2D eigenvalue weighted by Crippen LogP contribution is 2.17. The van der Waals surface area contributed by atoms with Crippen molar-refractivity contribution in [2.24, 2.45) is 0 Å². The second-order valence-electron chi connectivity index (χ2n) is 5.26. The van der Waals surface area contributed by atoms with Gasteiger partial charge in [0.2, 0.25) is 5.95 Å². The van der Waals surface area contributed by atoms with Gasteiger partial charge in [-0.1, -0.05) is 22.0 Å². The van der Waals surface area contributed by atoms with Crippen LogP contribution in [-0.4, -0.2) is 25.7 Å². The van der Waals surface area contributed by atoms with Crippen LogP contribution in [0, 0.1) is 13.8 Å². The van der Waals surface area contributed by atoms with Crippen molar-refractivity contribution in [2.45, 2.75) is 13.8 Å². The van der Waals surface area contributed by atoms with Crippen LogP contribution < -0.4 is 10.9 Å². The van der Waals surface area contributed by atoms with Gasteiger partial charge in [-0.3, -0.25) is 14.6 Å². The Kier molecular flexibility index (Phi) is 4.30. The zero-order valence-electron chi connectivity index (χ0n) is 13.0. The third-order valence-electron chi connectivity index (χ3n) is 3.22. The molecule has 0 aliphatic carbocycles. The number of rotatable bonds is 3. The van der Waals surface area contributed by atoms with E-state index in [2.05, 4.69) is 36.3 Å². The normalized spacial score (nSPS) is 10.6. The summed E-state index contributed by atoms with van der Waals surface area (Å²) in [6.45, 7) is 3.51. The molecule has 0 atom stereocenters.